The third-order valence-electron chi connectivity index (χ3n) is 5.85. The summed E-state index contributed by atoms with van der Waals surface area (Å²) in [7, 11) is -3.20. The summed E-state index contributed by atoms with van der Waals surface area (Å²) >= 11 is 0. The molecule has 0 aliphatic carbocycles. The number of carbonyl (C=O) groups excluding carboxylic acids is 4. The summed E-state index contributed by atoms with van der Waals surface area (Å²) < 4.78 is 29.1. The lowest BCUT2D eigenvalue weighted by Crippen LogP contribution is -2.50. The first-order valence-electron chi connectivity index (χ1n) is 11.1. The zero-order chi connectivity index (χ0) is 24.5. The number of amides is 3. The van der Waals surface area contributed by atoms with Gasteiger partial charge in [-0.1, -0.05) is 39.8 Å². The monoisotopic (exact) mass is 478 g/mol. The van der Waals surface area contributed by atoms with Crippen LogP contribution in [0.15, 0.2) is 24.3 Å². The normalized spacial score (nSPS) is 20.3. The number of fused-ring (bicyclic) bond motifs is 1. The lowest BCUT2D eigenvalue weighted by atomic mass is 10.0. The fourth-order valence-electron chi connectivity index (χ4n) is 4.31. The highest BCUT2D eigenvalue weighted by molar-refractivity contribution is 7.91. The molecular weight excluding hydrogens is 448 g/mol. The predicted octanol–water partition coefficient (Wildman–Crippen LogP) is 1.52. The smallest absolute Gasteiger partial charge is 0.330 e. The van der Waals surface area contributed by atoms with Crippen LogP contribution in [0.4, 0.5) is 0 Å². The van der Waals surface area contributed by atoms with Gasteiger partial charge in [-0.3, -0.25) is 19.3 Å². The number of ether oxygens (including phenoxy) is 1. The number of rotatable bonds is 8. The van der Waals surface area contributed by atoms with Crippen LogP contribution in [0.25, 0.3) is 0 Å². The molecule has 1 aromatic carbocycles. The fourth-order valence-corrected chi connectivity index (χ4v) is 6.04. The molecule has 0 spiro atoms. The van der Waals surface area contributed by atoms with Crippen molar-refractivity contribution in [2.24, 2.45) is 11.8 Å². The predicted molar refractivity (Wildman–Crippen MR) is 120 cm³/mol. The maximum Gasteiger partial charge on any atom is 0.330 e. The lowest BCUT2D eigenvalue weighted by molar-refractivity contribution is -0.157. The first-order valence-corrected chi connectivity index (χ1v) is 12.9. The molecular formula is C23H30N2O7S. The molecule has 1 fully saturated rings. The molecule has 180 valence electrons. The molecule has 1 saturated heterocycles. The second-order valence-electron chi connectivity index (χ2n) is 9.32. The van der Waals surface area contributed by atoms with Crippen molar-refractivity contribution < 1.29 is 32.3 Å². The highest BCUT2D eigenvalue weighted by atomic mass is 32.2. The van der Waals surface area contributed by atoms with Gasteiger partial charge in [-0.05, 0) is 30.4 Å². The van der Waals surface area contributed by atoms with E-state index < -0.39 is 58.1 Å². The van der Waals surface area contributed by atoms with E-state index in [0.29, 0.717) is 13.0 Å². The van der Waals surface area contributed by atoms with E-state index in [0.717, 1.165) is 4.90 Å². The fraction of sp³-hybridized carbons (Fsp3) is 0.565. The second-order valence-corrected chi connectivity index (χ2v) is 11.5. The standard InChI is InChI=1S/C23H30N2O7S/c1-14(2)11-24(16-9-10-33(30,31)13-16)19(26)12-32-23(29)20(15(3)4)25-21(27)17-7-5-6-8-18(17)22(25)28/h5-8,14-16,20H,9-13H2,1-4H3. The van der Waals surface area contributed by atoms with Gasteiger partial charge in [0.2, 0.25) is 0 Å². The Morgan fingerprint density at radius 2 is 1.67 bits per heavy atom. The lowest BCUT2D eigenvalue weighted by Gasteiger charge is -2.31. The number of benzene rings is 1. The van der Waals surface area contributed by atoms with E-state index in [1.165, 1.54) is 17.0 Å². The van der Waals surface area contributed by atoms with Crippen molar-refractivity contribution in [3.63, 3.8) is 0 Å². The second kappa shape index (κ2) is 9.62. The Hall–Kier alpha value is -2.75. The first-order chi connectivity index (χ1) is 15.4. The topological polar surface area (TPSA) is 118 Å². The summed E-state index contributed by atoms with van der Waals surface area (Å²) in [5.74, 6) is -2.93. The van der Waals surface area contributed by atoms with Crippen LogP contribution < -0.4 is 0 Å². The van der Waals surface area contributed by atoms with Crippen LogP contribution in [0.2, 0.25) is 0 Å². The highest BCUT2D eigenvalue weighted by Crippen LogP contribution is 2.28. The Balaban J connectivity index is 1.72. The summed E-state index contributed by atoms with van der Waals surface area (Å²) in [6, 6.07) is 4.70. The zero-order valence-corrected chi connectivity index (χ0v) is 20.1. The molecule has 0 bridgehead atoms. The van der Waals surface area contributed by atoms with Gasteiger partial charge >= 0.3 is 5.97 Å². The van der Waals surface area contributed by atoms with E-state index in [2.05, 4.69) is 0 Å². The Morgan fingerprint density at radius 1 is 1.09 bits per heavy atom. The van der Waals surface area contributed by atoms with Gasteiger partial charge in [-0.15, -0.1) is 0 Å². The highest BCUT2D eigenvalue weighted by Gasteiger charge is 2.45. The quantitative estimate of drug-likeness (QED) is 0.411. The van der Waals surface area contributed by atoms with Crippen molar-refractivity contribution in [3.8, 4) is 0 Å². The number of esters is 1. The summed E-state index contributed by atoms with van der Waals surface area (Å²) in [5.41, 5.74) is 0.449. The average Bonchev–Trinajstić information content (AvgIpc) is 3.22. The van der Waals surface area contributed by atoms with Crippen molar-refractivity contribution in [1.82, 2.24) is 9.80 Å². The molecule has 3 rings (SSSR count). The van der Waals surface area contributed by atoms with Gasteiger partial charge in [0.1, 0.15) is 6.04 Å². The van der Waals surface area contributed by atoms with E-state index in [4.69, 9.17) is 4.74 Å². The van der Waals surface area contributed by atoms with Gasteiger partial charge in [0, 0.05) is 12.6 Å². The molecule has 0 saturated carbocycles. The average molecular weight is 479 g/mol. The Morgan fingerprint density at radius 3 is 2.12 bits per heavy atom. The van der Waals surface area contributed by atoms with Crippen molar-refractivity contribution in [2.75, 3.05) is 24.7 Å². The number of sulfone groups is 1. The molecule has 3 amide bonds. The molecule has 0 N–H and O–H groups in total. The van der Waals surface area contributed by atoms with Gasteiger partial charge in [0.05, 0.1) is 22.6 Å². The van der Waals surface area contributed by atoms with Crippen molar-refractivity contribution in [1.29, 1.82) is 0 Å². The molecule has 1 aromatic rings. The molecule has 2 heterocycles. The van der Waals surface area contributed by atoms with Crippen LogP contribution in [0.3, 0.4) is 0 Å². The third-order valence-corrected chi connectivity index (χ3v) is 7.60. The molecule has 9 nitrogen and oxygen atoms in total. The van der Waals surface area contributed by atoms with Gasteiger partial charge in [-0.2, -0.15) is 0 Å². The minimum Gasteiger partial charge on any atom is -0.454 e. The van der Waals surface area contributed by atoms with E-state index in [1.54, 1.807) is 26.0 Å². The van der Waals surface area contributed by atoms with Gasteiger partial charge in [0.15, 0.2) is 16.4 Å². The minimum absolute atomic E-state index is 0.0223. The van der Waals surface area contributed by atoms with Gasteiger partial charge in [0.25, 0.3) is 17.7 Å². The van der Waals surface area contributed by atoms with Crippen LogP contribution in [0.5, 0.6) is 0 Å². The van der Waals surface area contributed by atoms with Gasteiger partial charge in [-0.25, -0.2) is 13.2 Å². The largest absolute Gasteiger partial charge is 0.454 e. The number of hydrogen-bond donors (Lipinski definition) is 0. The van der Waals surface area contributed by atoms with Crippen molar-refractivity contribution in [2.45, 2.75) is 46.2 Å². The number of hydrogen-bond acceptors (Lipinski definition) is 7. The molecule has 2 aliphatic heterocycles. The molecule has 10 heteroatoms. The van der Waals surface area contributed by atoms with Crippen LogP contribution >= 0.6 is 0 Å². The molecule has 2 atom stereocenters. The third kappa shape index (κ3) is 5.26. The molecule has 0 aromatic heterocycles. The number of nitrogens with zero attached hydrogens (tertiary/aromatic N) is 2. The SMILES string of the molecule is CC(C)CN(C(=O)COC(=O)C(C(C)C)N1C(=O)c2ccccc2C1=O)C1CCS(=O)(=O)C1. The Bertz CT molecular complexity index is 1030. The van der Waals surface area contributed by atoms with Crippen LogP contribution in [-0.2, 0) is 24.2 Å². The maximum atomic E-state index is 13.0. The van der Waals surface area contributed by atoms with Crippen LogP contribution in [-0.4, -0.2) is 78.6 Å². The molecule has 0 radical (unpaired) electrons. The van der Waals surface area contributed by atoms with Crippen LogP contribution in [0, 0.1) is 11.8 Å². The minimum atomic E-state index is -3.20. The zero-order valence-electron chi connectivity index (χ0n) is 19.3. The maximum absolute atomic E-state index is 13.0. The molecule has 33 heavy (non-hydrogen) atoms. The Labute approximate surface area is 194 Å². The van der Waals surface area contributed by atoms with E-state index >= 15 is 0 Å². The van der Waals surface area contributed by atoms with E-state index in [9.17, 15) is 27.6 Å². The Kier molecular flexibility index (Phi) is 7.26. The summed E-state index contributed by atoms with van der Waals surface area (Å²) in [4.78, 5) is 53.9. The van der Waals surface area contributed by atoms with E-state index in [1.807, 2.05) is 13.8 Å². The molecule has 2 unspecified atom stereocenters. The number of carbonyl (C=O) groups is 4. The first kappa shape index (κ1) is 24.9. The summed E-state index contributed by atoms with van der Waals surface area (Å²) in [5, 5.41) is 0. The molecule has 2 aliphatic rings. The van der Waals surface area contributed by atoms with E-state index in [-0.39, 0.29) is 28.6 Å². The van der Waals surface area contributed by atoms with Gasteiger partial charge < -0.3 is 9.64 Å². The van der Waals surface area contributed by atoms with Crippen LogP contribution in [0.1, 0.15) is 54.8 Å². The number of imide groups is 1. The van der Waals surface area contributed by atoms with Crippen molar-refractivity contribution >= 4 is 33.5 Å². The summed E-state index contributed by atoms with van der Waals surface area (Å²) in [6.07, 6.45) is 0.346. The van der Waals surface area contributed by atoms with Crippen molar-refractivity contribution in [3.05, 3.63) is 35.4 Å². The summed E-state index contributed by atoms with van der Waals surface area (Å²) in [6.45, 7) is 6.94.